The van der Waals surface area contributed by atoms with E-state index < -0.39 is 5.91 Å². The molecule has 2 amide bonds. The zero-order valence-corrected chi connectivity index (χ0v) is 14.7. The van der Waals surface area contributed by atoms with Crippen LogP contribution in [-0.4, -0.2) is 27.7 Å². The molecule has 2 N–H and O–H groups in total. The number of carbonyl (C=O) groups is 2. The third-order valence-corrected chi connectivity index (χ3v) is 4.14. The van der Waals surface area contributed by atoms with Crippen LogP contribution in [0.3, 0.4) is 0 Å². The Morgan fingerprint density at radius 2 is 1.88 bits per heavy atom. The van der Waals surface area contributed by atoms with Crippen LogP contribution in [0.4, 0.5) is 0 Å². The molecule has 0 saturated heterocycles. The molecule has 2 heterocycles. The van der Waals surface area contributed by atoms with Crippen molar-refractivity contribution >= 4 is 28.9 Å². The molecule has 0 aliphatic carbocycles. The summed E-state index contributed by atoms with van der Waals surface area (Å²) in [5.41, 5.74) is 1.54. The zero-order valence-electron chi connectivity index (χ0n) is 13.9. The average molecular weight is 369 g/mol. The highest BCUT2D eigenvalue weighted by Crippen LogP contribution is 2.16. The minimum Gasteiger partial charge on any atom is -0.347 e. The molecule has 132 valence electrons. The lowest BCUT2D eigenvalue weighted by molar-refractivity contribution is 0.0940. The van der Waals surface area contributed by atoms with Crippen LogP contribution in [0, 0.1) is 0 Å². The number of nitrogens with zero attached hydrogens (tertiary/aromatic N) is 2. The van der Waals surface area contributed by atoms with Gasteiger partial charge in [0, 0.05) is 24.3 Å². The first-order valence-corrected chi connectivity index (χ1v) is 8.37. The molecule has 0 unspecified atom stereocenters. The number of hydrogen-bond donors (Lipinski definition) is 2. The van der Waals surface area contributed by atoms with Crippen molar-refractivity contribution in [1.82, 2.24) is 20.0 Å². The topological polar surface area (TPSA) is 75.5 Å². The van der Waals surface area contributed by atoms with E-state index >= 15 is 0 Å². The minimum atomic E-state index is -0.395. The van der Waals surface area contributed by atoms with Gasteiger partial charge >= 0.3 is 0 Å². The molecule has 0 atom stereocenters. The zero-order chi connectivity index (χ0) is 18.5. The van der Waals surface area contributed by atoms with E-state index in [0.717, 1.165) is 5.56 Å². The van der Waals surface area contributed by atoms with Gasteiger partial charge in [0.25, 0.3) is 11.8 Å². The first kappa shape index (κ1) is 17.7. The highest BCUT2D eigenvalue weighted by Gasteiger charge is 2.21. The van der Waals surface area contributed by atoms with Gasteiger partial charge in [-0.25, -0.2) is 4.98 Å². The maximum Gasteiger partial charge on any atom is 0.287 e. The number of fused-ring (bicyclic) bond motifs is 1. The lowest BCUT2D eigenvalue weighted by Gasteiger charge is -2.06. The van der Waals surface area contributed by atoms with Crippen molar-refractivity contribution < 1.29 is 9.59 Å². The van der Waals surface area contributed by atoms with E-state index in [1.807, 2.05) is 18.2 Å². The Labute approximate surface area is 155 Å². The molecule has 0 bridgehead atoms. The van der Waals surface area contributed by atoms with Gasteiger partial charge in [-0.2, -0.15) is 0 Å². The van der Waals surface area contributed by atoms with Crippen LogP contribution in [0.1, 0.15) is 26.7 Å². The summed E-state index contributed by atoms with van der Waals surface area (Å²) in [7, 11) is 0. The Hall–Kier alpha value is -3.12. The Morgan fingerprint density at radius 1 is 1.12 bits per heavy atom. The highest BCUT2D eigenvalue weighted by molar-refractivity contribution is 6.31. The monoisotopic (exact) mass is 368 g/mol. The Bertz CT molecular complexity index is 981. The van der Waals surface area contributed by atoms with Gasteiger partial charge in [0.15, 0.2) is 5.69 Å². The second-order valence-corrected chi connectivity index (χ2v) is 5.92. The molecule has 0 saturated carbocycles. The Balaban J connectivity index is 1.87. The molecule has 0 fully saturated rings. The van der Waals surface area contributed by atoms with Crippen LogP contribution in [0.25, 0.3) is 5.52 Å². The number of carbonyl (C=O) groups excluding carboxylic acids is 2. The number of rotatable bonds is 6. The smallest absolute Gasteiger partial charge is 0.287 e. The van der Waals surface area contributed by atoms with Crippen molar-refractivity contribution in [3.05, 3.63) is 83.4 Å². The van der Waals surface area contributed by atoms with Gasteiger partial charge in [-0.05, 0) is 23.8 Å². The van der Waals surface area contributed by atoms with Gasteiger partial charge < -0.3 is 10.6 Å². The fraction of sp³-hybridized carbons (Fsp3) is 0.105. The molecule has 0 aliphatic rings. The van der Waals surface area contributed by atoms with Crippen molar-refractivity contribution in [3.8, 4) is 0 Å². The summed E-state index contributed by atoms with van der Waals surface area (Å²) in [5, 5.41) is 6.04. The van der Waals surface area contributed by atoms with Crippen LogP contribution in [0.15, 0.2) is 61.3 Å². The number of imidazole rings is 1. The lowest BCUT2D eigenvalue weighted by atomic mass is 10.2. The van der Waals surface area contributed by atoms with E-state index in [1.54, 1.807) is 40.9 Å². The summed E-state index contributed by atoms with van der Waals surface area (Å²) in [6.07, 6.45) is 3.27. The predicted molar refractivity (Wildman–Crippen MR) is 100 cm³/mol. The summed E-state index contributed by atoms with van der Waals surface area (Å²) in [5.74, 6) is -0.621. The first-order chi connectivity index (χ1) is 12.6. The summed E-state index contributed by atoms with van der Waals surface area (Å²) in [4.78, 5) is 29.1. The number of benzene rings is 1. The van der Waals surface area contributed by atoms with Gasteiger partial charge in [0.1, 0.15) is 0 Å². The number of hydrogen-bond acceptors (Lipinski definition) is 3. The summed E-state index contributed by atoms with van der Waals surface area (Å²) < 4.78 is 1.59. The van der Waals surface area contributed by atoms with Gasteiger partial charge in [-0.15, -0.1) is 6.58 Å². The number of nitrogens with one attached hydrogen (secondary N) is 2. The number of aromatic nitrogens is 2. The van der Waals surface area contributed by atoms with E-state index in [4.69, 9.17) is 11.6 Å². The van der Waals surface area contributed by atoms with E-state index in [9.17, 15) is 9.59 Å². The van der Waals surface area contributed by atoms with Crippen LogP contribution in [0.2, 0.25) is 5.02 Å². The maximum absolute atomic E-state index is 12.6. The third kappa shape index (κ3) is 3.60. The van der Waals surface area contributed by atoms with E-state index in [2.05, 4.69) is 22.2 Å². The van der Waals surface area contributed by atoms with Gasteiger partial charge in [-0.3, -0.25) is 14.0 Å². The molecule has 1 aromatic carbocycles. The Kier molecular flexibility index (Phi) is 5.34. The van der Waals surface area contributed by atoms with Gasteiger partial charge in [-0.1, -0.05) is 41.9 Å². The Morgan fingerprint density at radius 3 is 2.65 bits per heavy atom. The first-order valence-electron chi connectivity index (χ1n) is 7.99. The highest BCUT2D eigenvalue weighted by atomic mass is 35.5. The molecule has 0 radical (unpaired) electrons. The normalized spacial score (nSPS) is 10.5. The molecule has 26 heavy (non-hydrogen) atoms. The summed E-state index contributed by atoms with van der Waals surface area (Å²) in [6, 6.07) is 12.6. The fourth-order valence-electron chi connectivity index (χ4n) is 2.51. The molecule has 0 aliphatic heterocycles. The molecule has 2 aromatic heterocycles. The predicted octanol–water partition coefficient (Wildman–Crippen LogP) is 2.83. The van der Waals surface area contributed by atoms with Gasteiger partial charge in [0.05, 0.1) is 5.52 Å². The molecule has 3 aromatic rings. The van der Waals surface area contributed by atoms with Gasteiger partial charge in [0.2, 0.25) is 5.82 Å². The minimum absolute atomic E-state index is 0.136. The quantitative estimate of drug-likeness (QED) is 0.657. The van der Waals surface area contributed by atoms with Crippen molar-refractivity contribution in [2.24, 2.45) is 0 Å². The average Bonchev–Trinajstić information content (AvgIpc) is 3.05. The van der Waals surface area contributed by atoms with Crippen LogP contribution in [0.5, 0.6) is 0 Å². The van der Waals surface area contributed by atoms with Crippen molar-refractivity contribution in [2.45, 2.75) is 6.54 Å². The maximum atomic E-state index is 12.6. The fourth-order valence-corrected chi connectivity index (χ4v) is 2.71. The van der Waals surface area contributed by atoms with Crippen LogP contribution < -0.4 is 10.6 Å². The van der Waals surface area contributed by atoms with E-state index in [1.165, 1.54) is 0 Å². The second kappa shape index (κ2) is 7.84. The standard InChI is InChI=1S/C19H17ClN4O2/c1-2-10-21-18(25)16-15-9-5-6-11-24(15)17(23-16)19(26)22-12-13-7-3-4-8-14(13)20/h2-9,11H,1,10,12H2,(H,21,25)(H,22,26). The third-order valence-electron chi connectivity index (χ3n) is 3.77. The van der Waals surface area contributed by atoms with E-state index in [0.29, 0.717) is 17.1 Å². The van der Waals surface area contributed by atoms with Crippen molar-refractivity contribution in [1.29, 1.82) is 0 Å². The molecular formula is C19H17ClN4O2. The lowest BCUT2D eigenvalue weighted by Crippen LogP contribution is -2.26. The SMILES string of the molecule is C=CCNC(=O)c1nc(C(=O)NCc2ccccc2Cl)n2ccccc12. The summed E-state index contributed by atoms with van der Waals surface area (Å²) >= 11 is 6.11. The number of amides is 2. The molecule has 7 heteroatoms. The van der Waals surface area contributed by atoms with Crippen LogP contribution >= 0.6 is 11.6 Å². The second-order valence-electron chi connectivity index (χ2n) is 5.51. The molecule has 3 rings (SSSR count). The number of halogens is 1. The largest absolute Gasteiger partial charge is 0.347 e. The van der Waals surface area contributed by atoms with Crippen LogP contribution in [-0.2, 0) is 6.54 Å². The number of pyridine rings is 1. The van der Waals surface area contributed by atoms with Crippen molar-refractivity contribution in [2.75, 3.05) is 6.54 Å². The van der Waals surface area contributed by atoms with Crippen molar-refractivity contribution in [3.63, 3.8) is 0 Å². The van der Waals surface area contributed by atoms with E-state index in [-0.39, 0.29) is 24.0 Å². The molecule has 6 nitrogen and oxygen atoms in total. The molecular weight excluding hydrogens is 352 g/mol. The molecule has 0 spiro atoms. The summed E-state index contributed by atoms with van der Waals surface area (Å²) in [6.45, 7) is 4.15.